The molecule has 2 N–H and O–H groups in total. The maximum Gasteiger partial charge on any atom is 0.305 e. The molecule has 0 aromatic carbocycles. The summed E-state index contributed by atoms with van der Waals surface area (Å²) >= 11 is 1.63. The molecule has 0 spiro atoms. The predicted molar refractivity (Wildman–Crippen MR) is 72.2 cm³/mol. The molecule has 0 fully saturated rings. The number of thiophene rings is 1. The number of carbonyl (C=O) groups is 1. The maximum atomic E-state index is 10.7. The van der Waals surface area contributed by atoms with Gasteiger partial charge in [-0.05, 0) is 26.3 Å². The molecule has 5 nitrogen and oxygen atoms in total. The van der Waals surface area contributed by atoms with Crippen LogP contribution in [0.15, 0.2) is 6.33 Å². The molecular formula is C12H15N3O2S. The molecule has 0 saturated heterocycles. The average Bonchev–Trinajstić information content (AvgIpc) is 2.54. The van der Waals surface area contributed by atoms with E-state index in [4.69, 9.17) is 5.11 Å². The lowest BCUT2D eigenvalue weighted by molar-refractivity contribution is -0.137. The number of carboxylic acid groups (broad SMARTS) is 1. The highest BCUT2D eigenvalue weighted by Crippen LogP contribution is 2.32. The van der Waals surface area contributed by atoms with Gasteiger partial charge in [0, 0.05) is 10.9 Å². The van der Waals surface area contributed by atoms with E-state index < -0.39 is 5.97 Å². The van der Waals surface area contributed by atoms with Crippen LogP contribution in [0.1, 0.15) is 23.8 Å². The Morgan fingerprint density at radius 1 is 1.50 bits per heavy atom. The molecule has 2 aromatic heterocycles. The van der Waals surface area contributed by atoms with Gasteiger partial charge in [0.05, 0.1) is 11.8 Å². The molecule has 2 rings (SSSR count). The Morgan fingerprint density at radius 2 is 2.22 bits per heavy atom. The van der Waals surface area contributed by atoms with Crippen molar-refractivity contribution >= 4 is 33.3 Å². The van der Waals surface area contributed by atoms with Gasteiger partial charge in [0.25, 0.3) is 0 Å². The molecular weight excluding hydrogens is 250 g/mol. The number of nitrogens with one attached hydrogen (secondary N) is 1. The van der Waals surface area contributed by atoms with Crippen molar-refractivity contribution in [3.8, 4) is 0 Å². The van der Waals surface area contributed by atoms with Gasteiger partial charge in [-0.2, -0.15) is 0 Å². The van der Waals surface area contributed by atoms with E-state index >= 15 is 0 Å². The third kappa shape index (κ3) is 2.43. The molecule has 0 radical (unpaired) electrons. The fraction of sp³-hybridized carbons (Fsp3) is 0.417. The summed E-state index contributed by atoms with van der Waals surface area (Å²) in [6.45, 7) is 5.91. The number of nitrogens with zero attached hydrogens (tertiary/aromatic N) is 2. The Labute approximate surface area is 109 Å². The average molecular weight is 265 g/mol. The molecule has 0 aliphatic heterocycles. The Morgan fingerprint density at radius 3 is 2.89 bits per heavy atom. The number of aliphatic carboxylic acids is 1. The summed E-state index contributed by atoms with van der Waals surface area (Å²) in [5, 5.41) is 12.9. The summed E-state index contributed by atoms with van der Waals surface area (Å²) in [6, 6.07) is -0.166. The van der Waals surface area contributed by atoms with Crippen LogP contribution in [-0.2, 0) is 4.79 Å². The lowest BCUT2D eigenvalue weighted by Gasteiger charge is -2.13. The summed E-state index contributed by atoms with van der Waals surface area (Å²) in [5.41, 5.74) is 1.15. The van der Waals surface area contributed by atoms with Crippen LogP contribution >= 0.6 is 11.3 Å². The SMILES string of the molecule is Cc1sc2ncnc(NC(C)CC(=O)O)c2c1C. The van der Waals surface area contributed by atoms with Crippen molar-refractivity contribution in [2.24, 2.45) is 0 Å². The second-order valence-electron chi connectivity index (χ2n) is 4.33. The van der Waals surface area contributed by atoms with Crippen molar-refractivity contribution in [2.45, 2.75) is 33.2 Å². The van der Waals surface area contributed by atoms with Crippen molar-refractivity contribution in [2.75, 3.05) is 5.32 Å². The van der Waals surface area contributed by atoms with Crippen LogP contribution in [0.25, 0.3) is 10.2 Å². The predicted octanol–water partition coefficient (Wildman–Crippen LogP) is 2.58. The van der Waals surface area contributed by atoms with Gasteiger partial charge < -0.3 is 10.4 Å². The summed E-state index contributed by atoms with van der Waals surface area (Å²) in [5.74, 6) is -0.103. The Bertz CT molecular complexity index is 594. The third-order valence-corrected chi connectivity index (χ3v) is 3.94. The number of anilines is 1. The van der Waals surface area contributed by atoms with E-state index in [1.54, 1.807) is 11.3 Å². The molecule has 6 heteroatoms. The van der Waals surface area contributed by atoms with E-state index in [1.807, 2.05) is 20.8 Å². The Balaban J connectivity index is 2.36. The minimum atomic E-state index is -0.821. The van der Waals surface area contributed by atoms with Gasteiger partial charge >= 0.3 is 5.97 Å². The van der Waals surface area contributed by atoms with Crippen LogP contribution in [0.2, 0.25) is 0 Å². The fourth-order valence-electron chi connectivity index (χ4n) is 1.84. The van der Waals surface area contributed by atoms with Crippen LogP contribution in [0.4, 0.5) is 5.82 Å². The maximum absolute atomic E-state index is 10.7. The first-order valence-electron chi connectivity index (χ1n) is 5.68. The molecule has 2 aromatic rings. The van der Waals surface area contributed by atoms with Crippen molar-refractivity contribution in [3.05, 3.63) is 16.8 Å². The van der Waals surface area contributed by atoms with Crippen molar-refractivity contribution in [1.29, 1.82) is 0 Å². The van der Waals surface area contributed by atoms with E-state index in [9.17, 15) is 4.79 Å². The minimum Gasteiger partial charge on any atom is -0.481 e. The van der Waals surface area contributed by atoms with Gasteiger partial charge in [0.15, 0.2) is 0 Å². The van der Waals surface area contributed by atoms with E-state index in [0.29, 0.717) is 0 Å². The lowest BCUT2D eigenvalue weighted by Crippen LogP contribution is -2.20. The summed E-state index contributed by atoms with van der Waals surface area (Å²) in [6.07, 6.45) is 1.57. The van der Waals surface area contributed by atoms with E-state index in [0.717, 1.165) is 21.6 Å². The highest BCUT2D eigenvalue weighted by Gasteiger charge is 2.14. The molecule has 0 aliphatic rings. The van der Waals surface area contributed by atoms with Crippen LogP contribution in [-0.4, -0.2) is 27.1 Å². The number of fused-ring (bicyclic) bond motifs is 1. The van der Waals surface area contributed by atoms with Gasteiger partial charge in [-0.1, -0.05) is 0 Å². The van der Waals surface area contributed by atoms with Crippen molar-refractivity contribution in [3.63, 3.8) is 0 Å². The molecule has 1 unspecified atom stereocenters. The van der Waals surface area contributed by atoms with Gasteiger partial charge in [-0.3, -0.25) is 4.79 Å². The quantitative estimate of drug-likeness (QED) is 0.888. The number of aromatic nitrogens is 2. The van der Waals surface area contributed by atoms with E-state index in [2.05, 4.69) is 15.3 Å². The van der Waals surface area contributed by atoms with Gasteiger partial charge in [0.1, 0.15) is 17.0 Å². The first-order valence-corrected chi connectivity index (χ1v) is 6.49. The van der Waals surface area contributed by atoms with E-state index in [1.165, 1.54) is 11.2 Å². The molecule has 18 heavy (non-hydrogen) atoms. The molecule has 2 heterocycles. The van der Waals surface area contributed by atoms with Crippen molar-refractivity contribution < 1.29 is 9.90 Å². The summed E-state index contributed by atoms with van der Waals surface area (Å²) in [7, 11) is 0. The standard InChI is InChI=1S/C12H15N3O2S/c1-6(4-9(16)17)15-11-10-7(2)8(3)18-12(10)14-5-13-11/h5-6H,4H2,1-3H3,(H,16,17)(H,13,14,15). The van der Waals surface area contributed by atoms with E-state index in [-0.39, 0.29) is 12.5 Å². The minimum absolute atomic E-state index is 0.0632. The molecule has 0 amide bonds. The molecule has 0 bridgehead atoms. The molecule has 0 aliphatic carbocycles. The zero-order chi connectivity index (χ0) is 13.3. The Kier molecular flexibility index (Phi) is 3.47. The van der Waals surface area contributed by atoms with Crippen LogP contribution in [0.3, 0.4) is 0 Å². The Hall–Kier alpha value is -1.69. The number of aryl methyl sites for hydroxylation is 2. The monoisotopic (exact) mass is 265 g/mol. The largest absolute Gasteiger partial charge is 0.481 e. The third-order valence-electron chi connectivity index (χ3n) is 2.83. The highest BCUT2D eigenvalue weighted by atomic mass is 32.1. The number of rotatable bonds is 4. The fourth-order valence-corrected chi connectivity index (χ4v) is 2.84. The van der Waals surface area contributed by atoms with Crippen LogP contribution < -0.4 is 5.32 Å². The van der Waals surface area contributed by atoms with Crippen molar-refractivity contribution in [1.82, 2.24) is 9.97 Å². The zero-order valence-corrected chi connectivity index (χ0v) is 11.3. The van der Waals surface area contributed by atoms with Crippen LogP contribution in [0.5, 0.6) is 0 Å². The molecule has 1 atom stereocenters. The topological polar surface area (TPSA) is 75.1 Å². The summed E-state index contributed by atoms with van der Waals surface area (Å²) in [4.78, 5) is 21.3. The smallest absolute Gasteiger partial charge is 0.305 e. The first kappa shape index (κ1) is 12.8. The number of hydrogen-bond donors (Lipinski definition) is 2. The molecule has 0 saturated carbocycles. The van der Waals surface area contributed by atoms with Crippen LogP contribution in [0, 0.1) is 13.8 Å². The normalized spacial score (nSPS) is 12.6. The molecule has 96 valence electrons. The van der Waals surface area contributed by atoms with Gasteiger partial charge in [0.2, 0.25) is 0 Å². The highest BCUT2D eigenvalue weighted by molar-refractivity contribution is 7.18. The van der Waals surface area contributed by atoms with Gasteiger partial charge in [-0.15, -0.1) is 11.3 Å². The number of hydrogen-bond acceptors (Lipinski definition) is 5. The zero-order valence-electron chi connectivity index (χ0n) is 10.5. The lowest BCUT2D eigenvalue weighted by atomic mass is 10.2. The van der Waals surface area contributed by atoms with Gasteiger partial charge in [-0.25, -0.2) is 9.97 Å². The first-order chi connectivity index (χ1) is 8.49. The second-order valence-corrected chi connectivity index (χ2v) is 5.53. The second kappa shape index (κ2) is 4.89. The summed E-state index contributed by atoms with van der Waals surface area (Å²) < 4.78 is 0. The number of carboxylic acids is 1.